The molecule has 1 aromatic rings. The molecule has 2 rings (SSSR count). The van der Waals surface area contributed by atoms with E-state index in [4.69, 9.17) is 5.11 Å². The van der Waals surface area contributed by atoms with Gasteiger partial charge in [0.05, 0.1) is 5.92 Å². The summed E-state index contributed by atoms with van der Waals surface area (Å²) in [4.78, 5) is 10.9. The predicted octanol–water partition coefficient (Wildman–Crippen LogP) is 3.93. The minimum atomic E-state index is -0.734. The molecule has 1 aromatic carbocycles. The number of carboxylic acid groups (broad SMARTS) is 1. The minimum Gasteiger partial charge on any atom is -0.481 e. The highest BCUT2D eigenvalue weighted by molar-refractivity contribution is 9.10. The second kappa shape index (κ2) is 6.11. The molecular formula is C14H17BrO2S. The number of carboxylic acids is 1. The molecule has 1 saturated heterocycles. The highest BCUT2D eigenvalue weighted by Crippen LogP contribution is 2.36. The molecule has 0 radical (unpaired) electrons. The minimum absolute atomic E-state index is 0.329. The molecule has 0 amide bonds. The van der Waals surface area contributed by atoms with Crippen molar-refractivity contribution in [2.24, 2.45) is 5.92 Å². The molecule has 1 N–H and O–H groups in total. The van der Waals surface area contributed by atoms with Gasteiger partial charge in [0, 0.05) is 10.2 Å². The Morgan fingerprint density at radius 1 is 1.61 bits per heavy atom. The van der Waals surface area contributed by atoms with Crippen LogP contribution in [0.3, 0.4) is 0 Å². The van der Waals surface area contributed by atoms with Crippen molar-refractivity contribution >= 4 is 33.7 Å². The number of benzene rings is 1. The average Bonchev–Trinajstić information content (AvgIpc) is 2.82. The topological polar surface area (TPSA) is 37.3 Å². The Morgan fingerprint density at radius 2 is 2.39 bits per heavy atom. The highest BCUT2D eigenvalue weighted by Gasteiger charge is 2.20. The van der Waals surface area contributed by atoms with E-state index >= 15 is 0 Å². The molecule has 1 aliphatic rings. The molecule has 98 valence electrons. The fourth-order valence-electron chi connectivity index (χ4n) is 2.25. The Bertz CT molecular complexity index is 441. The third-order valence-corrected chi connectivity index (χ3v) is 5.25. The van der Waals surface area contributed by atoms with E-state index in [2.05, 4.69) is 34.1 Å². The largest absolute Gasteiger partial charge is 0.481 e. The van der Waals surface area contributed by atoms with Gasteiger partial charge in [-0.1, -0.05) is 35.0 Å². The molecule has 0 aromatic heterocycles. The lowest BCUT2D eigenvalue weighted by atomic mass is 9.95. The van der Waals surface area contributed by atoms with Crippen LogP contribution in [0.25, 0.3) is 0 Å². The highest BCUT2D eigenvalue weighted by atomic mass is 79.9. The smallest absolute Gasteiger partial charge is 0.306 e. The Balaban J connectivity index is 2.11. The van der Waals surface area contributed by atoms with Gasteiger partial charge in [0.1, 0.15) is 0 Å². The van der Waals surface area contributed by atoms with E-state index in [1.165, 1.54) is 23.5 Å². The van der Waals surface area contributed by atoms with Gasteiger partial charge in [0.15, 0.2) is 0 Å². The number of hydrogen-bond acceptors (Lipinski definition) is 2. The number of rotatable bonds is 4. The van der Waals surface area contributed by atoms with Crippen LogP contribution in [0, 0.1) is 5.92 Å². The van der Waals surface area contributed by atoms with Crippen LogP contribution in [0.1, 0.15) is 30.4 Å². The van der Waals surface area contributed by atoms with Crippen molar-refractivity contribution in [2.45, 2.75) is 25.7 Å². The maximum Gasteiger partial charge on any atom is 0.306 e. The summed E-state index contributed by atoms with van der Waals surface area (Å²) < 4.78 is 1.13. The van der Waals surface area contributed by atoms with Crippen LogP contribution in [0.5, 0.6) is 0 Å². The fourth-order valence-corrected chi connectivity index (χ4v) is 4.25. The molecule has 4 heteroatoms. The van der Waals surface area contributed by atoms with Crippen molar-refractivity contribution < 1.29 is 9.90 Å². The monoisotopic (exact) mass is 328 g/mol. The maximum absolute atomic E-state index is 10.9. The van der Waals surface area contributed by atoms with Crippen molar-refractivity contribution in [3.63, 3.8) is 0 Å². The molecule has 2 nitrogen and oxygen atoms in total. The summed E-state index contributed by atoms with van der Waals surface area (Å²) in [5.41, 5.74) is 2.46. The normalized spacial score (nSPS) is 20.9. The van der Waals surface area contributed by atoms with E-state index in [0.717, 1.165) is 10.0 Å². The number of thioether (sulfide) groups is 1. The lowest BCUT2D eigenvalue weighted by Crippen LogP contribution is -2.12. The van der Waals surface area contributed by atoms with Crippen molar-refractivity contribution in [3.05, 3.63) is 33.8 Å². The van der Waals surface area contributed by atoms with Crippen molar-refractivity contribution in [2.75, 3.05) is 11.5 Å². The predicted molar refractivity (Wildman–Crippen MR) is 79.3 cm³/mol. The number of aliphatic carboxylic acids is 1. The Labute approximate surface area is 120 Å². The molecule has 0 aliphatic carbocycles. The van der Waals surface area contributed by atoms with Crippen LogP contribution >= 0.6 is 27.7 Å². The molecule has 1 aliphatic heterocycles. The zero-order valence-electron chi connectivity index (χ0n) is 10.4. The van der Waals surface area contributed by atoms with Gasteiger partial charge in [0.25, 0.3) is 0 Å². The first-order valence-electron chi connectivity index (χ1n) is 6.17. The van der Waals surface area contributed by atoms with Crippen molar-refractivity contribution in [3.8, 4) is 0 Å². The van der Waals surface area contributed by atoms with E-state index in [9.17, 15) is 4.79 Å². The average molecular weight is 329 g/mol. The molecule has 0 bridgehead atoms. The summed E-state index contributed by atoms with van der Waals surface area (Å²) >= 11 is 5.63. The molecular weight excluding hydrogens is 312 g/mol. The first-order chi connectivity index (χ1) is 8.58. The maximum atomic E-state index is 10.9. The van der Waals surface area contributed by atoms with E-state index < -0.39 is 5.97 Å². The summed E-state index contributed by atoms with van der Waals surface area (Å²) in [6, 6.07) is 6.31. The van der Waals surface area contributed by atoms with Gasteiger partial charge in [-0.25, -0.2) is 0 Å². The second-order valence-electron chi connectivity index (χ2n) is 4.86. The van der Waals surface area contributed by atoms with E-state index in [1.54, 1.807) is 6.92 Å². The summed E-state index contributed by atoms with van der Waals surface area (Å²) in [6.07, 6.45) is 1.84. The van der Waals surface area contributed by atoms with Gasteiger partial charge in [-0.15, -0.1) is 0 Å². The van der Waals surface area contributed by atoms with Crippen molar-refractivity contribution in [1.82, 2.24) is 0 Å². The Hall–Kier alpha value is -0.480. The van der Waals surface area contributed by atoms with E-state index in [1.807, 2.05) is 11.8 Å². The summed E-state index contributed by atoms with van der Waals surface area (Å²) in [5.74, 6) is 2.03. The molecule has 2 unspecified atom stereocenters. The number of halogens is 1. The van der Waals surface area contributed by atoms with Crippen LogP contribution in [0.4, 0.5) is 0 Å². The summed E-state index contributed by atoms with van der Waals surface area (Å²) in [6.45, 7) is 1.75. The number of carbonyl (C=O) groups is 1. The Morgan fingerprint density at radius 3 is 2.94 bits per heavy atom. The third-order valence-electron chi connectivity index (χ3n) is 3.40. The van der Waals surface area contributed by atoms with Gasteiger partial charge < -0.3 is 5.11 Å². The molecule has 2 atom stereocenters. The Kier molecular flexibility index (Phi) is 4.73. The SMILES string of the molecule is CC(Cc1ccc(C2CCSC2)c(Br)c1)C(=O)O. The molecule has 0 spiro atoms. The zero-order valence-corrected chi connectivity index (χ0v) is 12.8. The van der Waals surface area contributed by atoms with Crippen LogP contribution in [-0.4, -0.2) is 22.6 Å². The van der Waals surface area contributed by atoms with Crippen LogP contribution in [-0.2, 0) is 11.2 Å². The van der Waals surface area contributed by atoms with Crippen LogP contribution in [0.2, 0.25) is 0 Å². The lowest BCUT2D eigenvalue weighted by Gasteiger charge is -2.13. The van der Waals surface area contributed by atoms with Crippen molar-refractivity contribution in [1.29, 1.82) is 0 Å². The van der Waals surface area contributed by atoms with Gasteiger partial charge >= 0.3 is 5.97 Å². The molecule has 1 heterocycles. The van der Waals surface area contributed by atoms with Gasteiger partial charge in [-0.2, -0.15) is 11.8 Å². The quantitative estimate of drug-likeness (QED) is 0.909. The second-order valence-corrected chi connectivity index (χ2v) is 6.86. The summed E-state index contributed by atoms with van der Waals surface area (Å²) in [7, 11) is 0. The van der Waals surface area contributed by atoms with Gasteiger partial charge in [-0.05, 0) is 41.7 Å². The summed E-state index contributed by atoms with van der Waals surface area (Å²) in [5, 5.41) is 8.93. The van der Waals surface area contributed by atoms with Gasteiger partial charge in [-0.3, -0.25) is 4.79 Å². The fraction of sp³-hybridized carbons (Fsp3) is 0.500. The third kappa shape index (κ3) is 3.29. The molecule has 1 fully saturated rings. The molecule has 0 saturated carbocycles. The van der Waals surface area contributed by atoms with E-state index in [-0.39, 0.29) is 5.92 Å². The van der Waals surface area contributed by atoms with Crippen LogP contribution in [0.15, 0.2) is 22.7 Å². The molecule has 18 heavy (non-hydrogen) atoms. The first kappa shape index (κ1) is 13.9. The zero-order chi connectivity index (χ0) is 13.1. The lowest BCUT2D eigenvalue weighted by molar-refractivity contribution is -0.141. The standard InChI is InChI=1S/C14H17BrO2S/c1-9(14(16)17)6-10-2-3-12(13(15)7-10)11-4-5-18-8-11/h2-3,7,9,11H,4-6,8H2,1H3,(H,16,17). The van der Waals surface area contributed by atoms with Crippen LogP contribution < -0.4 is 0 Å². The van der Waals surface area contributed by atoms with E-state index in [0.29, 0.717) is 12.3 Å². The first-order valence-corrected chi connectivity index (χ1v) is 8.11. The van der Waals surface area contributed by atoms with Gasteiger partial charge in [0.2, 0.25) is 0 Å². The number of hydrogen-bond donors (Lipinski definition) is 1.